The molecule has 0 saturated carbocycles. The van der Waals surface area contributed by atoms with E-state index in [4.69, 9.17) is 0 Å². The minimum atomic E-state index is 1.16. The molecule has 0 aromatic rings. The minimum absolute atomic E-state index is 1.16. The molecule has 0 rings (SSSR count). The van der Waals surface area contributed by atoms with Gasteiger partial charge in [0, 0.05) is 0 Å². The Balaban J connectivity index is 3.96. The molecule has 0 aromatic carbocycles. The molecule has 0 spiro atoms. The maximum absolute atomic E-state index is 2.43. The zero-order valence-electron chi connectivity index (χ0n) is 16.0. The van der Waals surface area contributed by atoms with Gasteiger partial charge in [-0.15, -0.1) is 0 Å². The van der Waals surface area contributed by atoms with Gasteiger partial charge >= 0.3 is 0 Å². The van der Waals surface area contributed by atoms with Gasteiger partial charge in [-0.3, -0.25) is 0 Å². The first kappa shape index (κ1) is 21.0. The molecule has 0 aliphatic heterocycles. The van der Waals surface area contributed by atoms with Crippen LogP contribution >= 0.6 is 0 Å². The molecule has 0 heterocycles. The van der Waals surface area contributed by atoms with Crippen LogP contribution in [0.25, 0.3) is 0 Å². The highest BCUT2D eigenvalue weighted by Gasteiger charge is 1.93. The Kier molecular flexibility index (Phi) is 13.0. The van der Waals surface area contributed by atoms with Crippen molar-refractivity contribution in [2.24, 2.45) is 0 Å². The van der Waals surface area contributed by atoms with Crippen molar-refractivity contribution in [1.82, 2.24) is 0 Å². The van der Waals surface area contributed by atoms with Crippen LogP contribution in [0.1, 0.15) is 92.9 Å². The first-order chi connectivity index (χ1) is 10.5. The summed E-state index contributed by atoms with van der Waals surface area (Å²) in [5, 5.41) is 0. The second-order valence-electron chi connectivity index (χ2n) is 6.58. The molecule has 0 unspecified atom stereocenters. The molecular weight excluding hydrogens is 264 g/mol. The molecule has 0 aliphatic carbocycles. The molecule has 0 N–H and O–H groups in total. The lowest BCUT2D eigenvalue weighted by molar-refractivity contribution is 0.895. The van der Waals surface area contributed by atoms with E-state index in [0.29, 0.717) is 0 Å². The Morgan fingerprint density at radius 1 is 0.545 bits per heavy atom. The van der Waals surface area contributed by atoms with Crippen LogP contribution < -0.4 is 0 Å². The molecule has 0 radical (unpaired) electrons. The first-order valence-corrected chi connectivity index (χ1v) is 9.12. The third-order valence-electron chi connectivity index (χ3n) is 4.20. The van der Waals surface area contributed by atoms with Crippen molar-refractivity contribution >= 4 is 0 Å². The largest absolute Gasteiger partial charge is 0.0859 e. The molecule has 0 saturated heterocycles. The molecule has 0 aliphatic rings. The van der Waals surface area contributed by atoms with Crippen molar-refractivity contribution < 1.29 is 0 Å². The third-order valence-corrected chi connectivity index (χ3v) is 4.20. The Bertz CT molecular complexity index is 402. The Morgan fingerprint density at radius 3 is 1.27 bits per heavy atom. The number of hydrogen-bond acceptors (Lipinski definition) is 0. The van der Waals surface area contributed by atoms with E-state index < -0.39 is 0 Å². The Hall–Kier alpha value is -1.04. The van der Waals surface area contributed by atoms with E-state index in [1.54, 1.807) is 0 Å². The lowest BCUT2D eigenvalue weighted by Crippen LogP contribution is -1.82. The van der Waals surface area contributed by atoms with Crippen LogP contribution in [0.15, 0.2) is 46.6 Å². The predicted molar refractivity (Wildman–Crippen MR) is 103 cm³/mol. The fourth-order valence-electron chi connectivity index (χ4n) is 2.44. The predicted octanol–water partition coefficient (Wildman–Crippen LogP) is 7.93. The van der Waals surface area contributed by atoms with Gasteiger partial charge in [-0.2, -0.15) is 0 Å². The van der Waals surface area contributed by atoms with Crippen molar-refractivity contribution in [3.63, 3.8) is 0 Å². The minimum Gasteiger partial charge on any atom is -0.0859 e. The molecule has 0 nitrogen and oxygen atoms in total. The zero-order valence-corrected chi connectivity index (χ0v) is 16.0. The van der Waals surface area contributed by atoms with Gasteiger partial charge in [0.2, 0.25) is 0 Å². The summed E-state index contributed by atoms with van der Waals surface area (Å²) >= 11 is 0. The smallest absolute Gasteiger partial charge is 0.0288 e. The lowest BCUT2D eigenvalue weighted by atomic mass is 10.0. The van der Waals surface area contributed by atoms with Crippen molar-refractivity contribution in [3.05, 3.63) is 46.6 Å². The summed E-state index contributed by atoms with van der Waals surface area (Å²) in [5.74, 6) is 0. The molecule has 0 amide bonds. The highest BCUT2D eigenvalue weighted by molar-refractivity contribution is 5.07. The molecule has 0 heteroatoms. The molecular formula is C22H38. The van der Waals surface area contributed by atoms with E-state index in [0.717, 1.165) is 6.42 Å². The van der Waals surface area contributed by atoms with Crippen molar-refractivity contribution in [2.75, 3.05) is 0 Å². The summed E-state index contributed by atoms with van der Waals surface area (Å²) < 4.78 is 0. The van der Waals surface area contributed by atoms with Crippen LogP contribution in [0, 0.1) is 0 Å². The summed E-state index contributed by atoms with van der Waals surface area (Å²) in [6, 6.07) is 0. The molecule has 0 atom stereocenters. The average Bonchev–Trinajstić information content (AvgIpc) is 2.47. The maximum atomic E-state index is 2.43. The van der Waals surface area contributed by atoms with Gasteiger partial charge in [0.15, 0.2) is 0 Å². The maximum Gasteiger partial charge on any atom is -0.0288 e. The third kappa shape index (κ3) is 12.7. The van der Waals surface area contributed by atoms with Gasteiger partial charge in [-0.05, 0) is 79.1 Å². The normalized spacial score (nSPS) is 14.6. The fourth-order valence-corrected chi connectivity index (χ4v) is 2.44. The van der Waals surface area contributed by atoms with Crippen LogP contribution in [0.5, 0.6) is 0 Å². The highest BCUT2D eigenvalue weighted by atomic mass is 14.0. The number of hydrogen-bond donors (Lipinski definition) is 0. The van der Waals surface area contributed by atoms with E-state index in [-0.39, 0.29) is 0 Å². The van der Waals surface area contributed by atoms with E-state index >= 15 is 0 Å². The lowest BCUT2D eigenvalue weighted by Gasteiger charge is -2.02. The Labute approximate surface area is 140 Å². The summed E-state index contributed by atoms with van der Waals surface area (Å²) in [6.45, 7) is 13.4. The summed E-state index contributed by atoms with van der Waals surface area (Å²) in [7, 11) is 0. The monoisotopic (exact) mass is 302 g/mol. The topological polar surface area (TPSA) is 0 Å². The molecule has 0 fully saturated rings. The summed E-state index contributed by atoms with van der Waals surface area (Å²) in [5.41, 5.74) is 6.11. The number of rotatable bonds is 11. The van der Waals surface area contributed by atoms with Crippen LogP contribution in [-0.4, -0.2) is 0 Å². The van der Waals surface area contributed by atoms with Gasteiger partial charge in [-0.25, -0.2) is 0 Å². The molecule has 22 heavy (non-hydrogen) atoms. The summed E-state index contributed by atoms with van der Waals surface area (Å²) in [4.78, 5) is 0. The molecule has 126 valence electrons. The quantitative estimate of drug-likeness (QED) is 0.340. The van der Waals surface area contributed by atoms with E-state index in [2.05, 4.69) is 65.8 Å². The SMILES string of the molecule is CC/C=C(/C)CC/C=C(/C)CC/C=C(/C)CC/C=C(/C)CC. The van der Waals surface area contributed by atoms with Crippen molar-refractivity contribution in [3.8, 4) is 0 Å². The van der Waals surface area contributed by atoms with Gasteiger partial charge in [0.1, 0.15) is 0 Å². The van der Waals surface area contributed by atoms with E-state index in [1.165, 1.54) is 67.2 Å². The summed E-state index contributed by atoms with van der Waals surface area (Å²) in [6.07, 6.45) is 19.1. The van der Waals surface area contributed by atoms with Crippen LogP contribution in [0.2, 0.25) is 0 Å². The zero-order chi connectivity index (χ0) is 16.8. The Morgan fingerprint density at radius 2 is 0.909 bits per heavy atom. The number of allylic oxidation sites excluding steroid dienone is 8. The van der Waals surface area contributed by atoms with E-state index in [9.17, 15) is 0 Å². The van der Waals surface area contributed by atoms with Crippen molar-refractivity contribution in [1.29, 1.82) is 0 Å². The average molecular weight is 303 g/mol. The van der Waals surface area contributed by atoms with Gasteiger partial charge in [0.05, 0.1) is 0 Å². The second-order valence-corrected chi connectivity index (χ2v) is 6.58. The van der Waals surface area contributed by atoms with Crippen molar-refractivity contribution in [2.45, 2.75) is 92.9 Å². The second kappa shape index (κ2) is 13.6. The first-order valence-electron chi connectivity index (χ1n) is 9.12. The van der Waals surface area contributed by atoms with Gasteiger partial charge in [0.25, 0.3) is 0 Å². The molecule has 0 aromatic heterocycles. The highest BCUT2D eigenvalue weighted by Crippen LogP contribution is 2.14. The van der Waals surface area contributed by atoms with Crippen LogP contribution in [0.4, 0.5) is 0 Å². The van der Waals surface area contributed by atoms with Crippen LogP contribution in [-0.2, 0) is 0 Å². The fraction of sp³-hybridized carbons (Fsp3) is 0.636. The molecule has 0 bridgehead atoms. The van der Waals surface area contributed by atoms with E-state index in [1.807, 2.05) is 0 Å². The van der Waals surface area contributed by atoms with Gasteiger partial charge in [-0.1, -0.05) is 60.4 Å². The standard InChI is InChI=1S/C22H38/c1-7-12-20(4)14-10-16-22(6)18-11-17-21(5)15-9-13-19(3)8-2/h12-13,16-17H,7-11,14-15,18H2,1-6H3/b19-13-,20-12-,21-17-,22-16-. The van der Waals surface area contributed by atoms with Gasteiger partial charge < -0.3 is 0 Å². The van der Waals surface area contributed by atoms with Crippen LogP contribution in [0.3, 0.4) is 0 Å².